The maximum Gasteiger partial charge on any atom is 0.319 e. The van der Waals surface area contributed by atoms with Crippen LogP contribution in [-0.4, -0.2) is 25.8 Å². The van der Waals surface area contributed by atoms with E-state index in [1.807, 2.05) is 38.1 Å². The Morgan fingerprint density at radius 2 is 1.76 bits per heavy atom. The first-order chi connectivity index (χ1) is 12.1. The van der Waals surface area contributed by atoms with Crippen molar-refractivity contribution >= 4 is 27.6 Å². The van der Waals surface area contributed by atoms with Crippen LogP contribution in [0.1, 0.15) is 19.4 Å². The molecule has 0 aromatic heterocycles. The number of hydrogen-bond donors (Lipinski definition) is 2. The second kappa shape index (κ2) is 9.93. The fraction of sp³-hybridized carbons (Fsp3) is 0.316. The molecule has 0 atom stereocenters. The molecule has 2 aromatic carbocycles. The Balaban J connectivity index is 1.89. The third-order valence-corrected chi connectivity index (χ3v) is 4.21. The van der Waals surface area contributed by atoms with Crippen LogP contribution in [0.3, 0.4) is 0 Å². The first-order valence-electron chi connectivity index (χ1n) is 8.32. The number of ether oxygens (including phenoxy) is 2. The van der Waals surface area contributed by atoms with E-state index in [-0.39, 0.29) is 6.03 Å². The largest absolute Gasteiger partial charge is 0.490 e. The highest BCUT2D eigenvalue weighted by molar-refractivity contribution is 9.10. The summed E-state index contributed by atoms with van der Waals surface area (Å²) < 4.78 is 12.1. The van der Waals surface area contributed by atoms with Gasteiger partial charge in [0.1, 0.15) is 0 Å². The van der Waals surface area contributed by atoms with Crippen LogP contribution in [0.25, 0.3) is 0 Å². The van der Waals surface area contributed by atoms with E-state index in [4.69, 9.17) is 9.47 Å². The van der Waals surface area contributed by atoms with Gasteiger partial charge in [-0.25, -0.2) is 4.79 Å². The zero-order valence-corrected chi connectivity index (χ0v) is 16.1. The third-order valence-electron chi connectivity index (χ3n) is 3.44. The number of hydrogen-bond acceptors (Lipinski definition) is 3. The summed E-state index contributed by atoms with van der Waals surface area (Å²) in [5.41, 5.74) is 1.81. The SMILES string of the molecule is CCOc1ccc(NC(=O)NCCc2ccccc2Br)cc1OCC. The van der Waals surface area contributed by atoms with Crippen molar-refractivity contribution in [1.29, 1.82) is 0 Å². The molecule has 2 amide bonds. The molecule has 0 saturated heterocycles. The average Bonchev–Trinajstić information content (AvgIpc) is 2.59. The van der Waals surface area contributed by atoms with Gasteiger partial charge in [0.05, 0.1) is 13.2 Å². The van der Waals surface area contributed by atoms with E-state index in [0.717, 1.165) is 16.5 Å². The minimum Gasteiger partial charge on any atom is -0.490 e. The summed E-state index contributed by atoms with van der Waals surface area (Å²) in [5, 5.41) is 5.67. The van der Waals surface area contributed by atoms with Gasteiger partial charge in [-0.05, 0) is 44.0 Å². The van der Waals surface area contributed by atoms with E-state index in [1.54, 1.807) is 18.2 Å². The Morgan fingerprint density at radius 3 is 2.48 bits per heavy atom. The molecule has 25 heavy (non-hydrogen) atoms. The minimum atomic E-state index is -0.251. The van der Waals surface area contributed by atoms with Crippen LogP contribution in [0.2, 0.25) is 0 Å². The quantitative estimate of drug-likeness (QED) is 0.672. The van der Waals surface area contributed by atoms with Gasteiger partial charge < -0.3 is 20.1 Å². The lowest BCUT2D eigenvalue weighted by Crippen LogP contribution is -2.30. The van der Waals surface area contributed by atoms with E-state index in [0.29, 0.717) is 36.9 Å². The van der Waals surface area contributed by atoms with Crippen molar-refractivity contribution in [3.8, 4) is 11.5 Å². The zero-order chi connectivity index (χ0) is 18.1. The molecule has 0 unspecified atom stereocenters. The van der Waals surface area contributed by atoms with E-state index in [9.17, 15) is 4.79 Å². The maximum atomic E-state index is 12.1. The first kappa shape index (κ1) is 19.1. The molecule has 0 heterocycles. The van der Waals surface area contributed by atoms with Crippen molar-refractivity contribution in [3.05, 3.63) is 52.5 Å². The highest BCUT2D eigenvalue weighted by Crippen LogP contribution is 2.30. The van der Waals surface area contributed by atoms with Gasteiger partial charge in [0.15, 0.2) is 11.5 Å². The van der Waals surface area contributed by atoms with Crippen LogP contribution in [0.4, 0.5) is 10.5 Å². The Labute approximate surface area is 156 Å². The normalized spacial score (nSPS) is 10.2. The molecule has 0 aliphatic carbocycles. The third kappa shape index (κ3) is 5.98. The highest BCUT2D eigenvalue weighted by atomic mass is 79.9. The highest BCUT2D eigenvalue weighted by Gasteiger charge is 2.08. The number of halogens is 1. The Bertz CT molecular complexity index is 707. The van der Waals surface area contributed by atoms with Crippen molar-refractivity contribution in [1.82, 2.24) is 5.32 Å². The summed E-state index contributed by atoms with van der Waals surface area (Å²) in [6, 6.07) is 13.1. The van der Waals surface area contributed by atoms with Crippen LogP contribution in [0, 0.1) is 0 Å². The van der Waals surface area contributed by atoms with Gasteiger partial charge in [0, 0.05) is 22.8 Å². The second-order valence-corrected chi connectivity index (χ2v) is 6.10. The van der Waals surface area contributed by atoms with Crippen molar-refractivity contribution < 1.29 is 14.3 Å². The van der Waals surface area contributed by atoms with Crippen molar-refractivity contribution in [2.24, 2.45) is 0 Å². The van der Waals surface area contributed by atoms with Gasteiger partial charge in [0.2, 0.25) is 0 Å². The lowest BCUT2D eigenvalue weighted by molar-refractivity contribution is 0.252. The number of nitrogens with one attached hydrogen (secondary N) is 2. The molecule has 6 heteroatoms. The van der Waals surface area contributed by atoms with Gasteiger partial charge in [-0.3, -0.25) is 0 Å². The smallest absolute Gasteiger partial charge is 0.319 e. The van der Waals surface area contributed by atoms with Crippen molar-refractivity contribution in [2.45, 2.75) is 20.3 Å². The molecule has 0 fully saturated rings. The second-order valence-electron chi connectivity index (χ2n) is 5.25. The molecule has 2 aromatic rings. The summed E-state index contributed by atoms with van der Waals surface area (Å²) in [7, 11) is 0. The van der Waals surface area contributed by atoms with E-state index < -0.39 is 0 Å². The molecule has 0 aliphatic rings. The average molecular weight is 407 g/mol. The van der Waals surface area contributed by atoms with Gasteiger partial charge in [-0.2, -0.15) is 0 Å². The van der Waals surface area contributed by atoms with Crippen LogP contribution in [0.5, 0.6) is 11.5 Å². The predicted molar refractivity (Wildman–Crippen MR) is 104 cm³/mol. The van der Waals surface area contributed by atoms with Gasteiger partial charge in [-0.15, -0.1) is 0 Å². The van der Waals surface area contributed by atoms with Crippen LogP contribution in [0.15, 0.2) is 46.9 Å². The van der Waals surface area contributed by atoms with E-state index in [2.05, 4.69) is 26.6 Å². The van der Waals surface area contributed by atoms with Gasteiger partial charge >= 0.3 is 6.03 Å². The molecule has 2 rings (SSSR count). The standard InChI is InChI=1S/C19H23BrN2O3/c1-3-24-17-10-9-15(13-18(17)25-4-2)22-19(23)21-12-11-14-7-5-6-8-16(14)20/h5-10,13H,3-4,11-12H2,1-2H3,(H2,21,22,23). The fourth-order valence-electron chi connectivity index (χ4n) is 2.32. The number of rotatable bonds is 8. The molecule has 134 valence electrons. The minimum absolute atomic E-state index is 0.251. The lowest BCUT2D eigenvalue weighted by Gasteiger charge is -2.13. The van der Waals surface area contributed by atoms with E-state index >= 15 is 0 Å². The summed E-state index contributed by atoms with van der Waals surface area (Å²) in [6.07, 6.45) is 0.752. The number of amides is 2. The molecule has 0 radical (unpaired) electrons. The molecule has 5 nitrogen and oxygen atoms in total. The van der Waals surface area contributed by atoms with Crippen LogP contribution in [-0.2, 0) is 6.42 Å². The summed E-state index contributed by atoms with van der Waals surface area (Å²) >= 11 is 3.51. The molecular formula is C19H23BrN2O3. The number of benzene rings is 2. The van der Waals surface area contributed by atoms with Crippen LogP contribution >= 0.6 is 15.9 Å². The van der Waals surface area contributed by atoms with Crippen molar-refractivity contribution in [3.63, 3.8) is 0 Å². The summed E-state index contributed by atoms with van der Waals surface area (Å²) in [4.78, 5) is 12.1. The summed E-state index contributed by atoms with van der Waals surface area (Å²) in [6.45, 7) is 5.46. The zero-order valence-electron chi connectivity index (χ0n) is 14.5. The number of anilines is 1. The predicted octanol–water partition coefficient (Wildman–Crippen LogP) is 4.61. The number of carbonyl (C=O) groups is 1. The van der Waals surface area contributed by atoms with E-state index in [1.165, 1.54) is 0 Å². The molecule has 0 aliphatic heterocycles. The molecular weight excluding hydrogens is 384 g/mol. The Kier molecular flexibility index (Phi) is 7.60. The fourth-order valence-corrected chi connectivity index (χ4v) is 2.80. The lowest BCUT2D eigenvalue weighted by atomic mass is 10.1. The molecule has 0 bridgehead atoms. The summed E-state index contributed by atoms with van der Waals surface area (Å²) in [5.74, 6) is 1.29. The number of carbonyl (C=O) groups excluding carboxylic acids is 1. The van der Waals surface area contributed by atoms with Crippen LogP contribution < -0.4 is 20.1 Å². The Morgan fingerprint density at radius 1 is 1.04 bits per heavy atom. The van der Waals surface area contributed by atoms with Gasteiger partial charge in [-0.1, -0.05) is 34.1 Å². The van der Waals surface area contributed by atoms with Crippen molar-refractivity contribution in [2.75, 3.05) is 25.1 Å². The molecule has 2 N–H and O–H groups in total. The maximum absolute atomic E-state index is 12.1. The van der Waals surface area contributed by atoms with Gasteiger partial charge in [0.25, 0.3) is 0 Å². The first-order valence-corrected chi connectivity index (χ1v) is 9.11. The molecule has 0 spiro atoms. The monoisotopic (exact) mass is 406 g/mol. The topological polar surface area (TPSA) is 59.6 Å². The molecule has 0 saturated carbocycles. The Hall–Kier alpha value is -2.21. The number of urea groups is 1.